The minimum Gasteiger partial charge on any atom is -0.384 e. The monoisotopic (exact) mass is 374 g/mol. The Morgan fingerprint density at radius 3 is 3.07 bits per heavy atom. The Morgan fingerprint density at radius 2 is 2.18 bits per heavy atom. The topological polar surface area (TPSA) is 110 Å². The number of rotatable bonds is 5. The van der Waals surface area contributed by atoms with Gasteiger partial charge in [-0.15, -0.1) is 5.10 Å². The highest BCUT2D eigenvalue weighted by atomic mass is 15.3. The molecule has 8 nitrogen and oxygen atoms in total. The second-order valence-electron chi connectivity index (χ2n) is 7.37. The first-order chi connectivity index (χ1) is 13.7. The van der Waals surface area contributed by atoms with Gasteiger partial charge in [0, 0.05) is 19.2 Å². The summed E-state index contributed by atoms with van der Waals surface area (Å²) in [5.41, 5.74) is 12.0. The molecule has 5 rings (SSSR count). The maximum Gasteiger partial charge on any atom is 0.178 e. The molecule has 4 heterocycles. The quantitative estimate of drug-likeness (QED) is 0.492. The number of nitrogens with two attached hydrogens (primary N) is 1. The molecule has 0 bridgehead atoms. The van der Waals surface area contributed by atoms with E-state index < -0.39 is 0 Å². The third-order valence-corrected chi connectivity index (χ3v) is 5.31. The molecule has 1 aliphatic heterocycles. The number of H-pyrrole nitrogens is 1. The first-order valence-electron chi connectivity index (χ1n) is 9.51. The average molecular weight is 374 g/mol. The van der Waals surface area contributed by atoms with Crippen LogP contribution in [-0.4, -0.2) is 43.3 Å². The minimum atomic E-state index is 0.458. The molecule has 0 aliphatic carbocycles. The van der Waals surface area contributed by atoms with Gasteiger partial charge in [-0.3, -0.25) is 4.68 Å². The van der Waals surface area contributed by atoms with Gasteiger partial charge in [0.05, 0.1) is 12.7 Å². The number of nitrogen functional groups attached to an aromatic ring is 1. The predicted molar refractivity (Wildman–Crippen MR) is 107 cm³/mol. The molecule has 0 radical (unpaired) electrons. The number of nitrogens with one attached hydrogen (secondary N) is 2. The van der Waals surface area contributed by atoms with Crippen molar-refractivity contribution in [2.24, 2.45) is 0 Å². The third-order valence-electron chi connectivity index (χ3n) is 5.31. The van der Waals surface area contributed by atoms with Gasteiger partial charge in [-0.05, 0) is 47.2 Å². The largest absolute Gasteiger partial charge is 0.384 e. The lowest BCUT2D eigenvalue weighted by molar-refractivity contribution is 0.682. The van der Waals surface area contributed by atoms with E-state index >= 15 is 0 Å². The summed E-state index contributed by atoms with van der Waals surface area (Å²) < 4.78 is 1.98. The van der Waals surface area contributed by atoms with Crippen LogP contribution >= 0.6 is 0 Å². The van der Waals surface area contributed by atoms with Crippen molar-refractivity contribution in [2.45, 2.75) is 25.3 Å². The van der Waals surface area contributed by atoms with E-state index in [1.54, 1.807) is 0 Å². The molecule has 4 aromatic rings. The van der Waals surface area contributed by atoms with E-state index in [2.05, 4.69) is 61.3 Å². The number of hydrogen-bond donors (Lipinski definition) is 3. The van der Waals surface area contributed by atoms with Gasteiger partial charge in [-0.1, -0.05) is 29.5 Å². The molecule has 1 saturated heterocycles. The van der Waals surface area contributed by atoms with Crippen LogP contribution < -0.4 is 11.1 Å². The Labute approximate surface area is 162 Å². The molecule has 0 saturated carbocycles. The number of benzene rings is 1. The average Bonchev–Trinajstić information content (AvgIpc) is 3.43. The van der Waals surface area contributed by atoms with Crippen molar-refractivity contribution in [3.8, 4) is 0 Å². The van der Waals surface area contributed by atoms with Gasteiger partial charge in [0.15, 0.2) is 5.65 Å². The SMILES string of the molecule is Nc1cc(Cc2cnn(Cc3cccc([C@@H]4CCNC4)c3)c2)c2nn[nH]c2n1. The zero-order valence-electron chi connectivity index (χ0n) is 15.5. The summed E-state index contributed by atoms with van der Waals surface area (Å²) in [4.78, 5) is 4.21. The Bertz CT molecular complexity index is 1110. The summed E-state index contributed by atoms with van der Waals surface area (Å²) in [5.74, 6) is 1.08. The van der Waals surface area contributed by atoms with E-state index in [0.717, 1.165) is 36.3 Å². The lowest BCUT2D eigenvalue weighted by Gasteiger charge is -2.10. The molecule has 0 spiro atoms. The Morgan fingerprint density at radius 1 is 1.21 bits per heavy atom. The van der Waals surface area contributed by atoms with Gasteiger partial charge >= 0.3 is 0 Å². The van der Waals surface area contributed by atoms with E-state index in [1.165, 1.54) is 17.5 Å². The fourth-order valence-electron chi connectivity index (χ4n) is 3.94. The summed E-state index contributed by atoms with van der Waals surface area (Å²) in [6.07, 6.45) is 5.87. The van der Waals surface area contributed by atoms with Crippen LogP contribution in [0.1, 0.15) is 34.6 Å². The van der Waals surface area contributed by atoms with Crippen molar-refractivity contribution < 1.29 is 0 Å². The molecular weight excluding hydrogens is 352 g/mol. The van der Waals surface area contributed by atoms with Gasteiger partial charge < -0.3 is 11.1 Å². The number of nitrogens with zero attached hydrogens (tertiary/aromatic N) is 5. The zero-order valence-corrected chi connectivity index (χ0v) is 15.5. The van der Waals surface area contributed by atoms with Crippen molar-refractivity contribution in [3.05, 3.63) is 65.0 Å². The number of fused-ring (bicyclic) bond motifs is 1. The highest BCUT2D eigenvalue weighted by Crippen LogP contribution is 2.23. The summed E-state index contributed by atoms with van der Waals surface area (Å²) in [5, 5.41) is 18.7. The molecule has 142 valence electrons. The number of aromatic nitrogens is 6. The summed E-state index contributed by atoms with van der Waals surface area (Å²) in [6.45, 7) is 2.93. The Balaban J connectivity index is 1.34. The predicted octanol–water partition coefficient (Wildman–Crippen LogP) is 1.85. The van der Waals surface area contributed by atoms with E-state index in [-0.39, 0.29) is 0 Å². The smallest absolute Gasteiger partial charge is 0.178 e. The van der Waals surface area contributed by atoms with E-state index in [1.807, 2.05) is 16.9 Å². The van der Waals surface area contributed by atoms with Crippen molar-refractivity contribution >= 4 is 17.0 Å². The molecule has 1 atom stereocenters. The Hall–Kier alpha value is -3.26. The first kappa shape index (κ1) is 16.9. The lowest BCUT2D eigenvalue weighted by Crippen LogP contribution is -2.08. The van der Waals surface area contributed by atoms with Gasteiger partial charge in [0.25, 0.3) is 0 Å². The molecule has 1 aromatic carbocycles. The van der Waals surface area contributed by atoms with Gasteiger partial charge in [0.2, 0.25) is 0 Å². The van der Waals surface area contributed by atoms with Crippen molar-refractivity contribution in [1.29, 1.82) is 0 Å². The van der Waals surface area contributed by atoms with Crippen LogP contribution in [0.4, 0.5) is 5.82 Å². The minimum absolute atomic E-state index is 0.458. The molecule has 8 heteroatoms. The van der Waals surface area contributed by atoms with Crippen LogP contribution in [0.15, 0.2) is 42.7 Å². The maximum atomic E-state index is 5.90. The van der Waals surface area contributed by atoms with E-state index in [0.29, 0.717) is 23.8 Å². The van der Waals surface area contributed by atoms with Crippen LogP contribution in [0.25, 0.3) is 11.2 Å². The fraction of sp³-hybridized carbons (Fsp3) is 0.300. The molecule has 1 fully saturated rings. The maximum absolute atomic E-state index is 5.90. The number of pyridine rings is 1. The Kier molecular flexibility index (Phi) is 4.25. The number of anilines is 1. The molecule has 0 unspecified atom stereocenters. The van der Waals surface area contributed by atoms with Crippen LogP contribution in [0, 0.1) is 0 Å². The van der Waals surface area contributed by atoms with Crippen LogP contribution in [-0.2, 0) is 13.0 Å². The van der Waals surface area contributed by atoms with Gasteiger partial charge in [-0.2, -0.15) is 5.10 Å². The molecular formula is C20H22N8. The van der Waals surface area contributed by atoms with E-state index in [9.17, 15) is 0 Å². The number of aromatic amines is 1. The van der Waals surface area contributed by atoms with Crippen molar-refractivity contribution in [2.75, 3.05) is 18.8 Å². The summed E-state index contributed by atoms with van der Waals surface area (Å²) in [6, 6.07) is 10.7. The lowest BCUT2D eigenvalue weighted by atomic mass is 9.97. The van der Waals surface area contributed by atoms with Gasteiger partial charge in [0.1, 0.15) is 11.3 Å². The fourth-order valence-corrected chi connectivity index (χ4v) is 3.94. The van der Waals surface area contributed by atoms with Crippen molar-refractivity contribution in [3.63, 3.8) is 0 Å². The molecule has 1 aliphatic rings. The molecule has 0 amide bonds. The first-order valence-corrected chi connectivity index (χ1v) is 9.51. The highest BCUT2D eigenvalue weighted by molar-refractivity contribution is 5.76. The normalized spacial score (nSPS) is 16.8. The standard InChI is InChI=1S/C20H22N8/c21-18-8-17(19-20(24-18)26-27-25-19)7-14-9-23-28(12-14)11-13-2-1-3-15(6-13)16-4-5-22-10-16/h1-3,6,8-9,12,16,22H,4-5,7,10-11H2,(H3,21,24,25,26,27)/t16-/m1/s1. The third kappa shape index (κ3) is 3.34. The molecule has 4 N–H and O–H groups in total. The van der Waals surface area contributed by atoms with Crippen LogP contribution in [0.2, 0.25) is 0 Å². The second kappa shape index (κ2) is 7.05. The summed E-state index contributed by atoms with van der Waals surface area (Å²) in [7, 11) is 0. The van der Waals surface area contributed by atoms with E-state index in [4.69, 9.17) is 5.73 Å². The van der Waals surface area contributed by atoms with Gasteiger partial charge in [-0.25, -0.2) is 10.1 Å². The highest BCUT2D eigenvalue weighted by Gasteiger charge is 2.16. The molecule has 3 aromatic heterocycles. The van der Waals surface area contributed by atoms with Crippen LogP contribution in [0.3, 0.4) is 0 Å². The molecule has 28 heavy (non-hydrogen) atoms. The zero-order chi connectivity index (χ0) is 18.9. The number of hydrogen-bond acceptors (Lipinski definition) is 6. The van der Waals surface area contributed by atoms with Crippen molar-refractivity contribution in [1.82, 2.24) is 35.5 Å². The van der Waals surface area contributed by atoms with Crippen LogP contribution in [0.5, 0.6) is 0 Å². The summed E-state index contributed by atoms with van der Waals surface area (Å²) >= 11 is 0. The second-order valence-corrected chi connectivity index (χ2v) is 7.37.